The molecule has 2 fully saturated rings. The first-order valence-corrected chi connectivity index (χ1v) is 15.3. The molecule has 9 nitrogen and oxygen atoms in total. The first-order valence-electron chi connectivity index (χ1n) is 15.3. The lowest BCUT2D eigenvalue weighted by atomic mass is 9.77. The van der Waals surface area contributed by atoms with Crippen LogP contribution in [0.5, 0.6) is 0 Å². The molecule has 242 valence electrons. The molecule has 0 radical (unpaired) electrons. The average molecular weight is 618 g/mol. The van der Waals surface area contributed by atoms with Crippen LogP contribution in [0.15, 0.2) is 30.5 Å². The number of hydrogen-bond donors (Lipinski definition) is 2. The number of benzene rings is 1. The molecule has 1 aromatic heterocycles. The quantitative estimate of drug-likeness (QED) is 0.354. The molecule has 0 spiro atoms. The summed E-state index contributed by atoms with van der Waals surface area (Å²) in [7, 11) is 3.96. The lowest BCUT2D eigenvalue weighted by Crippen LogP contribution is -2.62. The van der Waals surface area contributed by atoms with Gasteiger partial charge in [0.15, 0.2) is 5.82 Å². The van der Waals surface area contributed by atoms with Crippen LogP contribution >= 0.6 is 0 Å². The maximum atomic E-state index is 14.1. The van der Waals surface area contributed by atoms with Gasteiger partial charge in [0, 0.05) is 53.7 Å². The van der Waals surface area contributed by atoms with Crippen LogP contribution in [0.4, 0.5) is 35.4 Å². The van der Waals surface area contributed by atoms with Crippen LogP contribution in [0, 0.1) is 0 Å². The zero-order chi connectivity index (χ0) is 32.6. The molecule has 12 heteroatoms. The van der Waals surface area contributed by atoms with Crippen molar-refractivity contribution in [2.75, 3.05) is 24.3 Å². The first-order chi connectivity index (χ1) is 20.4. The molecule has 2 aliphatic rings. The summed E-state index contributed by atoms with van der Waals surface area (Å²) in [5.41, 5.74) is -0.219. The normalized spacial score (nSPS) is 19.2. The van der Waals surface area contributed by atoms with E-state index in [1.807, 2.05) is 11.9 Å². The highest BCUT2D eigenvalue weighted by molar-refractivity contribution is 5.95. The summed E-state index contributed by atoms with van der Waals surface area (Å²) < 4.78 is 42.3. The number of halogens is 3. The predicted octanol–water partition coefficient (Wildman–Crippen LogP) is 6.83. The van der Waals surface area contributed by atoms with Gasteiger partial charge >= 0.3 is 12.2 Å². The van der Waals surface area contributed by atoms with Crippen molar-refractivity contribution >= 4 is 29.4 Å². The van der Waals surface area contributed by atoms with Gasteiger partial charge in [-0.1, -0.05) is 12.8 Å². The summed E-state index contributed by atoms with van der Waals surface area (Å²) in [6.07, 6.45) is 0.466. The fourth-order valence-electron chi connectivity index (χ4n) is 6.52. The summed E-state index contributed by atoms with van der Waals surface area (Å²) >= 11 is 0. The highest BCUT2D eigenvalue weighted by atomic mass is 19.4. The van der Waals surface area contributed by atoms with Gasteiger partial charge in [-0.15, -0.1) is 0 Å². The fourth-order valence-corrected chi connectivity index (χ4v) is 6.52. The van der Waals surface area contributed by atoms with Gasteiger partial charge in [0.1, 0.15) is 5.56 Å². The van der Waals surface area contributed by atoms with Crippen molar-refractivity contribution in [3.8, 4) is 0 Å². The van der Waals surface area contributed by atoms with Crippen molar-refractivity contribution in [3.05, 3.63) is 41.6 Å². The van der Waals surface area contributed by atoms with Crippen LogP contribution in [-0.4, -0.2) is 75.0 Å². The third kappa shape index (κ3) is 7.27. The Balaban J connectivity index is 1.57. The maximum absolute atomic E-state index is 14.1. The second-order valence-electron chi connectivity index (χ2n) is 13.7. The van der Waals surface area contributed by atoms with Crippen LogP contribution < -0.4 is 15.5 Å². The smallest absolute Gasteiger partial charge is 0.339 e. The lowest BCUT2D eigenvalue weighted by Gasteiger charge is -2.55. The van der Waals surface area contributed by atoms with Gasteiger partial charge in [0.25, 0.3) is 5.91 Å². The Bertz CT molecular complexity index is 1320. The van der Waals surface area contributed by atoms with Crippen LogP contribution in [0.2, 0.25) is 0 Å². The Morgan fingerprint density at radius 1 is 1.00 bits per heavy atom. The molecule has 1 saturated heterocycles. The Morgan fingerprint density at radius 3 is 2.09 bits per heavy atom. The molecule has 1 aromatic carbocycles. The van der Waals surface area contributed by atoms with Gasteiger partial charge < -0.3 is 15.5 Å². The molecular formula is C32H46F3N7O2. The van der Waals surface area contributed by atoms with Crippen molar-refractivity contribution < 1.29 is 22.8 Å². The Hall–Kier alpha value is -3.41. The van der Waals surface area contributed by atoms with Crippen LogP contribution in [-0.2, 0) is 6.18 Å². The van der Waals surface area contributed by atoms with Crippen LogP contribution in [0.3, 0.4) is 0 Å². The average Bonchev–Trinajstić information content (AvgIpc) is 3.44. The number of nitrogens with zero attached hydrogens (tertiary/aromatic N) is 5. The number of alkyl halides is 3. The number of hydrogen-bond acceptors (Lipinski definition) is 6. The number of nitrogens with one attached hydrogen (secondary N) is 2. The van der Waals surface area contributed by atoms with E-state index in [-0.39, 0.29) is 35.0 Å². The predicted molar refractivity (Wildman–Crippen MR) is 166 cm³/mol. The molecule has 1 saturated carbocycles. The number of aromatic nitrogens is 2. The van der Waals surface area contributed by atoms with E-state index in [1.54, 1.807) is 38.1 Å². The van der Waals surface area contributed by atoms with Crippen molar-refractivity contribution in [3.63, 3.8) is 0 Å². The standard InChI is InChI=1S/C32H46F3N7O2/c1-20(2)37-29(44)42(23-11-9-10-12-23)26-25(32(33,34)35)19-36-28(39-26)38-22-15-13-21(14-16-22)27(43)40(7)24-17-30(3,4)41(8)31(5,6)18-24/h13-16,19-20,23-24H,9-12,17-18H2,1-8H3,(H,37,44)(H,36,38,39). The van der Waals surface area contributed by atoms with Crippen LogP contribution in [0.1, 0.15) is 96.0 Å². The molecule has 0 unspecified atom stereocenters. The minimum atomic E-state index is -4.75. The molecule has 2 N–H and O–H groups in total. The van der Waals surface area contributed by atoms with Crippen molar-refractivity contribution in [2.24, 2.45) is 0 Å². The second-order valence-corrected chi connectivity index (χ2v) is 13.7. The monoisotopic (exact) mass is 617 g/mol. The van der Waals surface area contributed by atoms with E-state index < -0.39 is 29.6 Å². The molecule has 0 bridgehead atoms. The Kier molecular flexibility index (Phi) is 9.54. The van der Waals surface area contributed by atoms with E-state index in [0.717, 1.165) is 30.6 Å². The molecule has 2 aromatic rings. The van der Waals surface area contributed by atoms with Gasteiger partial charge in [0.05, 0.1) is 0 Å². The number of urea groups is 1. The van der Waals surface area contributed by atoms with Gasteiger partial charge in [-0.2, -0.15) is 18.2 Å². The minimum Gasteiger partial charge on any atom is -0.339 e. The lowest BCUT2D eigenvalue weighted by molar-refractivity contribution is -0.137. The molecule has 1 aliphatic heterocycles. The van der Waals surface area contributed by atoms with E-state index in [4.69, 9.17) is 0 Å². The van der Waals surface area contributed by atoms with Crippen LogP contribution in [0.25, 0.3) is 0 Å². The number of carbonyl (C=O) groups is 2. The third-order valence-electron chi connectivity index (χ3n) is 9.17. The van der Waals surface area contributed by atoms with E-state index >= 15 is 0 Å². The number of piperidine rings is 1. The summed E-state index contributed by atoms with van der Waals surface area (Å²) in [4.78, 5) is 40.1. The number of carbonyl (C=O) groups excluding carboxylic acids is 2. The largest absolute Gasteiger partial charge is 0.421 e. The number of amides is 3. The summed E-state index contributed by atoms with van der Waals surface area (Å²) in [5, 5.41) is 5.68. The molecule has 1 aliphatic carbocycles. The minimum absolute atomic E-state index is 0.0659. The molecule has 44 heavy (non-hydrogen) atoms. The van der Waals surface area contributed by atoms with Gasteiger partial charge in [-0.3, -0.25) is 14.6 Å². The van der Waals surface area contributed by atoms with E-state index in [9.17, 15) is 22.8 Å². The third-order valence-corrected chi connectivity index (χ3v) is 9.17. The fraction of sp³-hybridized carbons (Fsp3) is 0.625. The number of likely N-dealkylation sites (tertiary alicyclic amines) is 1. The number of rotatable bonds is 7. The molecule has 2 heterocycles. The van der Waals surface area contributed by atoms with E-state index in [2.05, 4.69) is 60.2 Å². The Labute approximate surface area is 258 Å². The summed E-state index contributed by atoms with van der Waals surface area (Å²) in [6.45, 7) is 12.3. The highest BCUT2D eigenvalue weighted by Crippen LogP contribution is 2.40. The first kappa shape index (κ1) is 33.5. The van der Waals surface area contributed by atoms with E-state index in [0.29, 0.717) is 30.3 Å². The Morgan fingerprint density at radius 2 is 1.57 bits per heavy atom. The molecular weight excluding hydrogens is 571 g/mol. The van der Waals surface area contributed by atoms with Gasteiger partial charge in [-0.05, 0) is 98.5 Å². The van der Waals surface area contributed by atoms with Crippen molar-refractivity contribution in [1.29, 1.82) is 0 Å². The van der Waals surface area contributed by atoms with E-state index in [1.165, 1.54) is 0 Å². The van der Waals surface area contributed by atoms with Gasteiger partial charge in [0.2, 0.25) is 5.95 Å². The highest BCUT2D eigenvalue weighted by Gasteiger charge is 2.45. The molecule has 3 amide bonds. The van der Waals surface area contributed by atoms with Gasteiger partial charge in [-0.25, -0.2) is 9.78 Å². The second kappa shape index (κ2) is 12.5. The molecule has 0 atom stereocenters. The van der Waals surface area contributed by atoms with Crippen molar-refractivity contribution in [2.45, 2.75) is 115 Å². The van der Waals surface area contributed by atoms with Crippen molar-refractivity contribution in [1.82, 2.24) is 25.1 Å². The zero-order valence-electron chi connectivity index (χ0n) is 27.0. The maximum Gasteiger partial charge on any atom is 0.421 e. The summed E-state index contributed by atoms with van der Waals surface area (Å²) in [6, 6.07) is 5.48. The number of anilines is 3. The molecule has 4 rings (SSSR count). The SMILES string of the molecule is CC(C)NC(=O)N(c1nc(Nc2ccc(C(=O)N(C)C3CC(C)(C)N(C)C(C)(C)C3)cc2)ncc1C(F)(F)F)C1CCCC1. The zero-order valence-corrected chi connectivity index (χ0v) is 27.0. The topological polar surface area (TPSA) is 93.7 Å². The summed E-state index contributed by atoms with van der Waals surface area (Å²) in [5.74, 6) is -0.660.